The Kier molecular flexibility index (Phi) is 7.47. The summed E-state index contributed by atoms with van der Waals surface area (Å²) < 4.78 is 2.17. The summed E-state index contributed by atoms with van der Waals surface area (Å²) in [6.45, 7) is 0.374. The minimum Gasteiger partial charge on any atom is -0.354 e. The molecule has 0 saturated carbocycles. The number of hydrogen-bond acceptors (Lipinski definition) is 3. The van der Waals surface area contributed by atoms with Gasteiger partial charge in [-0.25, -0.2) is 4.68 Å². The van der Waals surface area contributed by atoms with Gasteiger partial charge in [-0.1, -0.05) is 88.7 Å². The number of hydrogen-bond donors (Lipinski definition) is 1. The van der Waals surface area contributed by atoms with Gasteiger partial charge in [0.25, 0.3) is 5.56 Å². The maximum absolute atomic E-state index is 12.6. The number of nitrogens with one attached hydrogen (secondary N) is 1. The van der Waals surface area contributed by atoms with Gasteiger partial charge in [-0.05, 0) is 35.7 Å². The second kappa shape index (κ2) is 10.9. The number of rotatable bonds is 8. The Morgan fingerprint density at radius 3 is 2.06 bits per heavy atom. The fourth-order valence-corrected chi connectivity index (χ4v) is 4.05. The van der Waals surface area contributed by atoms with Gasteiger partial charge in [-0.2, -0.15) is 5.10 Å². The molecule has 0 radical (unpaired) electrons. The van der Waals surface area contributed by atoms with E-state index in [-0.39, 0.29) is 23.9 Å². The molecule has 0 atom stereocenters. The first-order valence-corrected chi connectivity index (χ1v) is 11.6. The van der Waals surface area contributed by atoms with Crippen molar-refractivity contribution in [2.45, 2.75) is 18.9 Å². The van der Waals surface area contributed by atoms with E-state index in [1.807, 2.05) is 60.7 Å². The first kappa shape index (κ1) is 22.7. The third-order valence-corrected chi connectivity index (χ3v) is 5.99. The van der Waals surface area contributed by atoms with Crippen molar-refractivity contribution in [1.29, 1.82) is 0 Å². The zero-order chi connectivity index (χ0) is 23.0. The van der Waals surface area contributed by atoms with Crippen LogP contribution in [-0.2, 0) is 11.3 Å². The van der Waals surface area contributed by atoms with Crippen LogP contribution in [0.25, 0.3) is 11.3 Å². The number of carbonyl (C=O) groups excluding carboxylic acids is 1. The van der Waals surface area contributed by atoms with Crippen molar-refractivity contribution in [3.8, 4) is 11.3 Å². The standard InChI is InChI=1S/C27H24BrN3O2/c28-23-13-11-22(12-14-23)25-15-16-27(33)31(30-25)19-26(32)29-18-17-24(20-7-3-1-4-8-20)21-9-5-2-6-10-21/h1-16,24H,17-19H2,(H,29,32). The maximum Gasteiger partial charge on any atom is 0.267 e. The first-order chi connectivity index (χ1) is 16.1. The van der Waals surface area contributed by atoms with Gasteiger partial charge < -0.3 is 5.32 Å². The fourth-order valence-electron chi connectivity index (χ4n) is 3.78. The normalized spacial score (nSPS) is 10.8. The van der Waals surface area contributed by atoms with Crippen molar-refractivity contribution in [1.82, 2.24) is 15.1 Å². The topological polar surface area (TPSA) is 64.0 Å². The number of carbonyl (C=O) groups is 1. The molecule has 1 amide bonds. The number of nitrogens with zero attached hydrogens (tertiary/aromatic N) is 2. The summed E-state index contributed by atoms with van der Waals surface area (Å²) in [5.74, 6) is -0.0632. The molecule has 0 fully saturated rings. The number of halogens is 1. The van der Waals surface area contributed by atoms with Crippen molar-refractivity contribution < 1.29 is 4.79 Å². The number of amides is 1. The molecule has 5 nitrogen and oxygen atoms in total. The zero-order valence-electron chi connectivity index (χ0n) is 18.0. The van der Waals surface area contributed by atoms with Gasteiger partial charge in [0.15, 0.2) is 0 Å². The third kappa shape index (κ3) is 6.05. The molecule has 0 unspecified atom stereocenters. The number of benzene rings is 3. The summed E-state index contributed by atoms with van der Waals surface area (Å²) in [5.41, 5.74) is 3.62. The van der Waals surface area contributed by atoms with E-state index in [4.69, 9.17) is 0 Å². The van der Waals surface area contributed by atoms with E-state index < -0.39 is 0 Å². The molecular formula is C27H24BrN3O2. The summed E-state index contributed by atoms with van der Waals surface area (Å²) in [5, 5.41) is 7.33. The fraction of sp³-hybridized carbons (Fsp3) is 0.148. The molecule has 0 aliphatic carbocycles. The molecule has 0 spiro atoms. The van der Waals surface area contributed by atoms with Crippen LogP contribution in [0.1, 0.15) is 23.5 Å². The molecule has 0 saturated heterocycles. The summed E-state index contributed by atoms with van der Waals surface area (Å²) >= 11 is 3.41. The van der Waals surface area contributed by atoms with Crippen LogP contribution >= 0.6 is 15.9 Å². The Bertz CT molecular complexity index is 1220. The van der Waals surface area contributed by atoms with Crippen LogP contribution in [0, 0.1) is 0 Å². The molecule has 1 heterocycles. The smallest absolute Gasteiger partial charge is 0.267 e. The van der Waals surface area contributed by atoms with Gasteiger partial charge in [-0.3, -0.25) is 9.59 Å². The quantitative estimate of drug-likeness (QED) is 0.369. The van der Waals surface area contributed by atoms with E-state index in [9.17, 15) is 9.59 Å². The monoisotopic (exact) mass is 501 g/mol. The minimum atomic E-state index is -0.308. The molecule has 6 heteroatoms. The van der Waals surface area contributed by atoms with E-state index in [1.54, 1.807) is 6.07 Å². The molecule has 4 aromatic rings. The molecule has 0 aliphatic rings. The van der Waals surface area contributed by atoms with Gasteiger partial charge in [0.2, 0.25) is 5.91 Å². The Labute approximate surface area is 201 Å². The second-order valence-electron chi connectivity index (χ2n) is 7.73. The molecular weight excluding hydrogens is 478 g/mol. The summed E-state index contributed by atoms with van der Waals surface area (Å²) in [4.78, 5) is 24.9. The van der Waals surface area contributed by atoms with Crippen molar-refractivity contribution in [2.75, 3.05) is 6.54 Å². The van der Waals surface area contributed by atoms with Gasteiger partial charge in [0, 0.05) is 28.6 Å². The van der Waals surface area contributed by atoms with Gasteiger partial charge in [-0.15, -0.1) is 0 Å². The van der Waals surface area contributed by atoms with E-state index >= 15 is 0 Å². The lowest BCUT2D eigenvalue weighted by molar-refractivity contribution is -0.121. The lowest BCUT2D eigenvalue weighted by Gasteiger charge is -2.18. The van der Waals surface area contributed by atoms with E-state index in [1.165, 1.54) is 21.9 Å². The molecule has 1 aromatic heterocycles. The summed E-state index contributed by atoms with van der Waals surface area (Å²) in [6, 6.07) is 31.3. The third-order valence-electron chi connectivity index (χ3n) is 5.46. The highest BCUT2D eigenvalue weighted by molar-refractivity contribution is 9.10. The van der Waals surface area contributed by atoms with E-state index in [2.05, 4.69) is 50.6 Å². The van der Waals surface area contributed by atoms with Crippen LogP contribution in [0.3, 0.4) is 0 Å². The molecule has 4 rings (SSSR count). The Morgan fingerprint density at radius 2 is 1.45 bits per heavy atom. The van der Waals surface area contributed by atoms with Crippen molar-refractivity contribution >= 4 is 21.8 Å². The highest BCUT2D eigenvalue weighted by atomic mass is 79.9. The van der Waals surface area contributed by atoms with Crippen LogP contribution in [0.15, 0.2) is 106 Å². The molecule has 166 valence electrons. The lowest BCUT2D eigenvalue weighted by Crippen LogP contribution is -2.34. The van der Waals surface area contributed by atoms with Crippen molar-refractivity contribution in [2.24, 2.45) is 0 Å². The molecule has 33 heavy (non-hydrogen) atoms. The number of aromatic nitrogens is 2. The summed E-state index contributed by atoms with van der Waals surface area (Å²) in [6.07, 6.45) is 0.751. The molecule has 0 aliphatic heterocycles. The van der Waals surface area contributed by atoms with Crippen LogP contribution in [0.2, 0.25) is 0 Å². The van der Waals surface area contributed by atoms with Crippen LogP contribution < -0.4 is 10.9 Å². The molecule has 0 bridgehead atoms. The molecule has 3 aromatic carbocycles. The van der Waals surface area contributed by atoms with Gasteiger partial charge in [0.1, 0.15) is 6.54 Å². The lowest BCUT2D eigenvalue weighted by atomic mass is 9.88. The average Bonchev–Trinajstić information content (AvgIpc) is 2.85. The average molecular weight is 502 g/mol. The minimum absolute atomic E-state index is 0.120. The Hall–Kier alpha value is -3.51. The van der Waals surface area contributed by atoms with Crippen molar-refractivity contribution in [3.05, 3.63) is 123 Å². The first-order valence-electron chi connectivity index (χ1n) is 10.8. The maximum atomic E-state index is 12.6. The SMILES string of the molecule is O=C(Cn1nc(-c2ccc(Br)cc2)ccc1=O)NCCC(c1ccccc1)c1ccccc1. The van der Waals surface area contributed by atoms with E-state index in [0.717, 1.165) is 16.5 Å². The zero-order valence-corrected chi connectivity index (χ0v) is 19.6. The van der Waals surface area contributed by atoms with Crippen LogP contribution in [0.5, 0.6) is 0 Å². The second-order valence-corrected chi connectivity index (χ2v) is 8.65. The molecule has 1 N–H and O–H groups in total. The predicted molar refractivity (Wildman–Crippen MR) is 134 cm³/mol. The van der Waals surface area contributed by atoms with Crippen LogP contribution in [-0.4, -0.2) is 22.2 Å². The summed E-state index contributed by atoms with van der Waals surface area (Å²) in [7, 11) is 0. The predicted octanol–water partition coefficient (Wildman–Crippen LogP) is 5.01. The largest absolute Gasteiger partial charge is 0.354 e. The highest BCUT2D eigenvalue weighted by Crippen LogP contribution is 2.27. The van der Waals surface area contributed by atoms with Gasteiger partial charge >= 0.3 is 0 Å². The van der Waals surface area contributed by atoms with E-state index in [0.29, 0.717) is 12.2 Å². The highest BCUT2D eigenvalue weighted by Gasteiger charge is 2.15. The Morgan fingerprint density at radius 1 is 0.848 bits per heavy atom. The van der Waals surface area contributed by atoms with Crippen molar-refractivity contribution in [3.63, 3.8) is 0 Å². The Balaban J connectivity index is 1.41. The van der Waals surface area contributed by atoms with Crippen LogP contribution in [0.4, 0.5) is 0 Å². The van der Waals surface area contributed by atoms with Gasteiger partial charge in [0.05, 0.1) is 5.69 Å².